The van der Waals surface area contributed by atoms with Gasteiger partial charge in [-0.2, -0.15) is 0 Å². The maximum absolute atomic E-state index is 14.2. The number of alkyl carbamates (subject to hydrolysis) is 1. The largest absolute Gasteiger partial charge is 0.465 e. The summed E-state index contributed by atoms with van der Waals surface area (Å²) >= 11 is 5.88. The Kier molecular flexibility index (Phi) is 5.54. The molecule has 0 saturated carbocycles. The van der Waals surface area contributed by atoms with E-state index in [1.165, 1.54) is 12.1 Å². The van der Waals surface area contributed by atoms with Gasteiger partial charge in [0.2, 0.25) is 0 Å². The Bertz CT molecular complexity index is 555. The minimum absolute atomic E-state index is 0.00886. The summed E-state index contributed by atoms with van der Waals surface area (Å²) in [7, 11) is 1.15. The quantitative estimate of drug-likeness (QED) is 0.869. The molecule has 21 heavy (non-hydrogen) atoms. The summed E-state index contributed by atoms with van der Waals surface area (Å²) in [6, 6.07) is 2.59. The van der Waals surface area contributed by atoms with Gasteiger partial charge >= 0.3 is 12.1 Å². The van der Waals surface area contributed by atoms with E-state index in [4.69, 9.17) is 16.3 Å². The third-order valence-electron chi connectivity index (χ3n) is 2.40. The molecule has 0 bridgehead atoms. The molecular formula is C14H17ClFNO4. The van der Waals surface area contributed by atoms with Gasteiger partial charge < -0.3 is 14.8 Å². The van der Waals surface area contributed by atoms with E-state index in [9.17, 15) is 14.0 Å². The Morgan fingerprint density at radius 2 is 1.95 bits per heavy atom. The number of nitrogens with one attached hydrogen (secondary N) is 1. The second-order valence-corrected chi connectivity index (χ2v) is 5.64. The number of hydrogen-bond donors (Lipinski definition) is 1. The van der Waals surface area contributed by atoms with Crippen LogP contribution in [0.15, 0.2) is 12.1 Å². The summed E-state index contributed by atoms with van der Waals surface area (Å²) in [6.45, 7) is 4.92. The molecule has 0 aromatic heterocycles. The number of hydrogen-bond acceptors (Lipinski definition) is 4. The highest BCUT2D eigenvalue weighted by molar-refractivity contribution is 6.31. The van der Waals surface area contributed by atoms with Gasteiger partial charge in [-0.15, -0.1) is 0 Å². The molecule has 1 amide bonds. The monoisotopic (exact) mass is 317 g/mol. The predicted octanol–water partition coefficient (Wildman–Crippen LogP) is 3.29. The van der Waals surface area contributed by atoms with Crippen molar-refractivity contribution in [2.45, 2.75) is 32.9 Å². The SMILES string of the molecule is COC(=O)c1ccc(Cl)c(CNC(=O)OC(C)(C)C)c1F. The molecular weight excluding hydrogens is 301 g/mol. The Labute approximate surface area is 127 Å². The molecule has 0 heterocycles. The van der Waals surface area contributed by atoms with Gasteiger partial charge in [0.05, 0.1) is 19.2 Å². The van der Waals surface area contributed by atoms with E-state index in [1.54, 1.807) is 20.8 Å². The van der Waals surface area contributed by atoms with Gasteiger partial charge in [0.25, 0.3) is 0 Å². The van der Waals surface area contributed by atoms with E-state index >= 15 is 0 Å². The minimum Gasteiger partial charge on any atom is -0.465 e. The smallest absolute Gasteiger partial charge is 0.407 e. The molecule has 1 aromatic rings. The number of esters is 1. The van der Waals surface area contributed by atoms with Crippen LogP contribution in [-0.2, 0) is 16.0 Å². The van der Waals surface area contributed by atoms with Crippen molar-refractivity contribution in [1.82, 2.24) is 5.32 Å². The van der Waals surface area contributed by atoms with Gasteiger partial charge in [0.15, 0.2) is 0 Å². The number of carbonyl (C=O) groups is 2. The predicted molar refractivity (Wildman–Crippen MR) is 75.8 cm³/mol. The third kappa shape index (κ3) is 4.90. The molecule has 0 saturated heterocycles. The maximum Gasteiger partial charge on any atom is 0.407 e. The molecule has 0 aliphatic carbocycles. The van der Waals surface area contributed by atoms with Crippen LogP contribution in [0.4, 0.5) is 9.18 Å². The molecule has 1 N–H and O–H groups in total. The molecule has 1 rings (SSSR count). The number of benzene rings is 1. The first-order valence-electron chi connectivity index (χ1n) is 6.17. The van der Waals surface area contributed by atoms with E-state index < -0.39 is 23.5 Å². The highest BCUT2D eigenvalue weighted by atomic mass is 35.5. The van der Waals surface area contributed by atoms with Crippen molar-refractivity contribution in [2.24, 2.45) is 0 Å². The summed E-state index contributed by atoms with van der Waals surface area (Å²) in [6.07, 6.45) is -0.707. The number of ether oxygens (including phenoxy) is 2. The highest BCUT2D eigenvalue weighted by Crippen LogP contribution is 2.23. The summed E-state index contributed by atoms with van der Waals surface area (Å²) in [4.78, 5) is 22.9. The lowest BCUT2D eigenvalue weighted by Gasteiger charge is -2.20. The van der Waals surface area contributed by atoms with Crippen LogP contribution in [0.2, 0.25) is 5.02 Å². The molecule has 0 fully saturated rings. The third-order valence-corrected chi connectivity index (χ3v) is 2.75. The molecule has 0 atom stereocenters. The lowest BCUT2D eigenvalue weighted by Crippen LogP contribution is -2.32. The number of carbonyl (C=O) groups excluding carboxylic acids is 2. The van der Waals surface area contributed by atoms with Crippen LogP contribution >= 0.6 is 11.6 Å². The van der Waals surface area contributed by atoms with Gasteiger partial charge in [-0.3, -0.25) is 0 Å². The van der Waals surface area contributed by atoms with Crippen molar-refractivity contribution >= 4 is 23.7 Å². The van der Waals surface area contributed by atoms with Crippen LogP contribution < -0.4 is 5.32 Å². The topological polar surface area (TPSA) is 64.6 Å². The fourth-order valence-corrected chi connectivity index (χ4v) is 1.71. The second-order valence-electron chi connectivity index (χ2n) is 5.23. The Balaban J connectivity index is 2.89. The number of methoxy groups -OCH3 is 1. The van der Waals surface area contributed by atoms with Crippen molar-refractivity contribution < 1.29 is 23.5 Å². The van der Waals surface area contributed by atoms with E-state index in [2.05, 4.69) is 10.1 Å². The van der Waals surface area contributed by atoms with Gasteiger partial charge in [0, 0.05) is 10.6 Å². The average molecular weight is 318 g/mol. The summed E-state index contributed by atoms with van der Waals surface area (Å²) in [5.74, 6) is -1.65. The first-order valence-corrected chi connectivity index (χ1v) is 6.55. The van der Waals surface area contributed by atoms with Gasteiger partial charge in [-0.05, 0) is 32.9 Å². The molecule has 0 aliphatic heterocycles. The number of amides is 1. The van der Waals surface area contributed by atoms with Crippen LogP contribution in [0.5, 0.6) is 0 Å². The molecule has 116 valence electrons. The fraction of sp³-hybridized carbons (Fsp3) is 0.429. The summed E-state index contributed by atoms with van der Waals surface area (Å²) in [5.41, 5.74) is -0.923. The summed E-state index contributed by atoms with van der Waals surface area (Å²) in [5, 5.41) is 2.48. The standard InChI is InChI=1S/C14H17ClFNO4/c1-14(2,3)21-13(19)17-7-9-10(15)6-5-8(11(9)16)12(18)20-4/h5-6H,7H2,1-4H3,(H,17,19). The van der Waals surface area contributed by atoms with Crippen LogP contribution in [-0.4, -0.2) is 24.8 Å². The van der Waals surface area contributed by atoms with Gasteiger partial charge in [0.1, 0.15) is 11.4 Å². The molecule has 0 spiro atoms. The Morgan fingerprint density at radius 3 is 2.48 bits per heavy atom. The molecule has 1 aromatic carbocycles. The zero-order valence-electron chi connectivity index (χ0n) is 12.3. The van der Waals surface area contributed by atoms with E-state index in [0.29, 0.717) is 0 Å². The lowest BCUT2D eigenvalue weighted by molar-refractivity contribution is 0.0523. The van der Waals surface area contributed by atoms with Crippen LogP contribution in [0.3, 0.4) is 0 Å². The second kappa shape index (κ2) is 6.76. The Hall–Kier alpha value is -1.82. The van der Waals surface area contributed by atoms with Crippen molar-refractivity contribution in [1.29, 1.82) is 0 Å². The molecule has 0 aliphatic rings. The first kappa shape index (κ1) is 17.2. The molecule has 5 nitrogen and oxygen atoms in total. The number of rotatable bonds is 3. The van der Waals surface area contributed by atoms with Gasteiger partial charge in [-0.25, -0.2) is 14.0 Å². The highest BCUT2D eigenvalue weighted by Gasteiger charge is 2.20. The lowest BCUT2D eigenvalue weighted by atomic mass is 10.1. The van der Waals surface area contributed by atoms with Crippen molar-refractivity contribution in [2.75, 3.05) is 7.11 Å². The van der Waals surface area contributed by atoms with E-state index in [1.807, 2.05) is 0 Å². The van der Waals surface area contributed by atoms with Crippen molar-refractivity contribution in [3.8, 4) is 0 Å². The minimum atomic E-state index is -0.828. The van der Waals surface area contributed by atoms with Crippen LogP contribution in [0.25, 0.3) is 0 Å². The summed E-state index contributed by atoms with van der Waals surface area (Å²) < 4.78 is 23.7. The Morgan fingerprint density at radius 1 is 1.33 bits per heavy atom. The number of halogens is 2. The first-order chi connectivity index (χ1) is 9.65. The fourth-order valence-electron chi connectivity index (χ4n) is 1.50. The maximum atomic E-state index is 14.2. The molecule has 0 unspecified atom stereocenters. The van der Waals surface area contributed by atoms with Crippen molar-refractivity contribution in [3.05, 3.63) is 34.1 Å². The van der Waals surface area contributed by atoms with E-state index in [-0.39, 0.29) is 22.7 Å². The van der Waals surface area contributed by atoms with Crippen molar-refractivity contribution in [3.63, 3.8) is 0 Å². The zero-order chi connectivity index (χ0) is 16.2. The van der Waals surface area contributed by atoms with E-state index in [0.717, 1.165) is 7.11 Å². The molecule has 7 heteroatoms. The normalized spacial score (nSPS) is 11.0. The van der Waals surface area contributed by atoms with Crippen LogP contribution in [0.1, 0.15) is 36.7 Å². The average Bonchev–Trinajstić information content (AvgIpc) is 2.35. The van der Waals surface area contributed by atoms with Gasteiger partial charge in [-0.1, -0.05) is 11.6 Å². The zero-order valence-corrected chi connectivity index (χ0v) is 13.0. The van der Waals surface area contributed by atoms with Crippen LogP contribution in [0, 0.1) is 5.82 Å². The molecule has 0 radical (unpaired) electrons.